The van der Waals surface area contributed by atoms with Crippen molar-refractivity contribution in [1.82, 2.24) is 20.4 Å². The Morgan fingerprint density at radius 3 is 1.60 bits per heavy atom. The summed E-state index contributed by atoms with van der Waals surface area (Å²) in [7, 11) is -2.20. The Morgan fingerprint density at radius 1 is 0.688 bits per heavy atom. The van der Waals surface area contributed by atoms with Crippen LogP contribution < -0.4 is 37.0 Å². The molecule has 1 saturated heterocycles. The summed E-state index contributed by atoms with van der Waals surface area (Å²) in [5.41, 5.74) is 14.5. The number of rotatable bonds is 6. The number of halogens is 1. The molecule has 0 bridgehead atoms. The van der Waals surface area contributed by atoms with Crippen LogP contribution in [0.5, 0.6) is 11.8 Å². The van der Waals surface area contributed by atoms with Gasteiger partial charge in [0.05, 0.1) is 31.1 Å². The Kier molecular flexibility index (Phi) is 12.7. The maximum atomic E-state index is 12.3. The van der Waals surface area contributed by atoms with Crippen LogP contribution >= 0.6 is 30.2 Å². The molecule has 0 amide bonds. The molecule has 12 nitrogen and oxygen atoms in total. The minimum Gasteiger partial charge on any atom is -0.480 e. The summed E-state index contributed by atoms with van der Waals surface area (Å²) in [5, 5.41) is 16.7. The number of hydrogen-bond acceptors (Lipinski definition) is 12. The van der Waals surface area contributed by atoms with Gasteiger partial charge in [0.2, 0.25) is 11.8 Å². The number of nitrogens with zero attached hydrogens (tertiary/aromatic N) is 4. The van der Waals surface area contributed by atoms with Crippen LogP contribution in [0, 0.1) is 0 Å². The normalized spacial score (nSPS) is 15.0. The third-order valence-electron chi connectivity index (χ3n) is 7.73. The van der Waals surface area contributed by atoms with Crippen molar-refractivity contribution >= 4 is 64.8 Å². The highest BCUT2D eigenvalue weighted by molar-refractivity contribution is 9.10. The summed E-state index contributed by atoms with van der Waals surface area (Å²) in [6.45, 7) is 14.9. The van der Waals surface area contributed by atoms with Gasteiger partial charge in [0, 0.05) is 39.7 Å². The molecule has 5 rings (SSSR count). The molecule has 0 unspecified atom stereocenters. The van der Waals surface area contributed by atoms with E-state index in [-0.39, 0.29) is 11.2 Å². The summed E-state index contributed by atoms with van der Waals surface area (Å²) < 4.78 is 46.9. The van der Waals surface area contributed by atoms with Crippen molar-refractivity contribution in [3.05, 3.63) is 65.3 Å². The molecule has 2 aromatic carbocycles. The number of aromatic nitrogens is 4. The summed E-state index contributed by atoms with van der Waals surface area (Å²) in [6.07, 6.45) is 0. The van der Waals surface area contributed by atoms with Gasteiger partial charge in [-0.3, -0.25) is 0 Å². The summed E-state index contributed by atoms with van der Waals surface area (Å²) >= 11 is 3.15. The zero-order valence-electron chi connectivity index (χ0n) is 29.0. The fourth-order valence-electron chi connectivity index (χ4n) is 4.32. The lowest BCUT2D eigenvalue weighted by molar-refractivity contribution is 0.00578. The minimum absolute atomic E-state index is 0.388. The minimum atomic E-state index is -2.42. The molecule has 0 saturated carbocycles. The second-order valence-corrected chi connectivity index (χ2v) is 19.9. The van der Waals surface area contributed by atoms with E-state index in [0.717, 1.165) is 11.0 Å². The Bertz CT molecular complexity index is 1780. The van der Waals surface area contributed by atoms with Gasteiger partial charge in [-0.2, -0.15) is 0 Å². The highest BCUT2D eigenvalue weighted by Gasteiger charge is 2.51. The third kappa shape index (κ3) is 10.1. The van der Waals surface area contributed by atoms with E-state index in [1.54, 1.807) is 70.2 Å². The first-order valence-corrected chi connectivity index (χ1v) is 20.8. The van der Waals surface area contributed by atoms with Crippen molar-refractivity contribution in [3.63, 3.8) is 0 Å². The molecule has 3 heterocycles. The van der Waals surface area contributed by atoms with Gasteiger partial charge >= 0.3 is 7.12 Å². The van der Waals surface area contributed by atoms with Crippen LogP contribution in [0.15, 0.2) is 65.3 Å². The van der Waals surface area contributed by atoms with Crippen molar-refractivity contribution in [1.29, 1.82) is 0 Å². The Hall–Kier alpha value is -3.28. The van der Waals surface area contributed by atoms with E-state index < -0.39 is 21.4 Å². The fourth-order valence-corrected chi connectivity index (χ4v) is 6.83. The second kappa shape index (κ2) is 15.5. The van der Waals surface area contributed by atoms with Crippen LogP contribution in [0.4, 0.5) is 11.4 Å². The van der Waals surface area contributed by atoms with Gasteiger partial charge in [-0.1, -0.05) is 12.1 Å². The summed E-state index contributed by atoms with van der Waals surface area (Å²) in [4.78, 5) is 0. The quantitative estimate of drug-likeness (QED) is 0.152. The van der Waals surface area contributed by atoms with Crippen LogP contribution in [0.25, 0.3) is 11.3 Å². The molecule has 4 N–H and O–H groups in total. The van der Waals surface area contributed by atoms with Gasteiger partial charge in [-0.25, -0.2) is 0 Å². The van der Waals surface area contributed by atoms with Crippen molar-refractivity contribution in [2.24, 2.45) is 0 Å². The molecular formula is C32H44BBrN6O6P2. The molecule has 48 heavy (non-hydrogen) atoms. The fraction of sp³-hybridized carbons (Fsp3) is 0.375. The average Bonchev–Trinajstić information content (AvgIpc) is 3.23. The lowest BCUT2D eigenvalue weighted by atomic mass is 9.79. The van der Waals surface area contributed by atoms with Crippen LogP contribution in [-0.4, -0.2) is 79.6 Å². The third-order valence-corrected chi connectivity index (χ3v) is 11.3. The van der Waals surface area contributed by atoms with E-state index in [2.05, 4.69) is 36.3 Å². The second-order valence-electron chi connectivity index (χ2n) is 12.7. The van der Waals surface area contributed by atoms with Gasteiger partial charge in [-0.05, 0) is 112 Å². The van der Waals surface area contributed by atoms with Gasteiger partial charge in [-0.15, -0.1) is 20.4 Å². The largest absolute Gasteiger partial charge is 0.494 e. The van der Waals surface area contributed by atoms with Gasteiger partial charge in [0.25, 0.3) is 0 Å². The van der Waals surface area contributed by atoms with Crippen molar-refractivity contribution in [2.75, 3.05) is 52.3 Å². The molecule has 0 radical (unpaired) electrons. The molecule has 258 valence electrons. The van der Waals surface area contributed by atoms with E-state index >= 15 is 0 Å². The average molecular weight is 761 g/mol. The Morgan fingerprint density at radius 2 is 1.17 bits per heavy atom. The number of anilines is 2. The molecule has 1 aliphatic rings. The summed E-state index contributed by atoms with van der Waals surface area (Å²) in [6, 6.07) is 17.9. The zero-order chi connectivity index (χ0) is 36.1. The topological polar surface area (TPSA) is 175 Å². The standard InChI is InChI=1S/C14H23BNO3P.C13H16N3O2P.C5H5BrN2O/c1-13(2)14(3,4)19-15(18-13)10-7-8-11(16)12(9-10)20(5,6)17;1-18-13-7-6-11(15-16-13)9-4-5-10(14)12(8-9)19(2,3)17;1-9-5-3-2-4(6)7-8-5/h7-9H,16H2,1-6H3;4-8H,14H2,1-3H3;2-3H,1H3. The molecule has 0 spiro atoms. The van der Waals surface area contributed by atoms with Crippen molar-refractivity contribution in [3.8, 4) is 23.0 Å². The highest BCUT2D eigenvalue weighted by atomic mass is 79.9. The first-order valence-electron chi connectivity index (χ1n) is 14.9. The van der Waals surface area contributed by atoms with Crippen LogP contribution in [0.3, 0.4) is 0 Å². The van der Waals surface area contributed by atoms with E-state index in [4.69, 9.17) is 30.2 Å². The molecule has 0 atom stereocenters. The number of hydrogen-bond donors (Lipinski definition) is 2. The molecule has 2 aromatic heterocycles. The number of ether oxygens (including phenoxy) is 2. The molecule has 16 heteroatoms. The van der Waals surface area contributed by atoms with E-state index in [1.165, 1.54) is 7.11 Å². The molecule has 1 aliphatic heterocycles. The molecule has 1 fully saturated rings. The predicted octanol–water partition coefficient (Wildman–Crippen LogP) is 5.05. The van der Waals surface area contributed by atoms with Crippen molar-refractivity contribution < 1.29 is 27.9 Å². The Labute approximate surface area is 291 Å². The van der Waals surface area contributed by atoms with E-state index in [1.807, 2.05) is 52.0 Å². The van der Waals surface area contributed by atoms with Crippen LogP contribution in [0.2, 0.25) is 0 Å². The van der Waals surface area contributed by atoms with Gasteiger partial charge in [0.1, 0.15) is 18.9 Å². The van der Waals surface area contributed by atoms with E-state index in [0.29, 0.717) is 44.0 Å². The van der Waals surface area contributed by atoms with Gasteiger partial charge in [0.15, 0.2) is 0 Å². The lowest BCUT2D eigenvalue weighted by Gasteiger charge is -2.32. The number of benzene rings is 2. The SMILES string of the molecule is CC1(C)OB(c2ccc(N)c(P(C)(C)=O)c2)OC1(C)C.COc1ccc(-c2ccc(N)c(P(C)(C)=O)c2)nn1.COc1ccc(Br)nn1. The van der Waals surface area contributed by atoms with Crippen LogP contribution in [0.1, 0.15) is 27.7 Å². The zero-order valence-corrected chi connectivity index (χ0v) is 32.4. The first kappa shape index (κ1) is 39.2. The number of nitrogen functional groups attached to an aromatic ring is 2. The molecule has 4 aromatic rings. The molecule has 0 aliphatic carbocycles. The lowest BCUT2D eigenvalue weighted by Crippen LogP contribution is -2.41. The van der Waals surface area contributed by atoms with E-state index in [9.17, 15) is 9.13 Å². The molecular weight excluding hydrogens is 717 g/mol. The smallest absolute Gasteiger partial charge is 0.480 e. The number of methoxy groups -OCH3 is 2. The first-order chi connectivity index (χ1) is 22.2. The maximum absolute atomic E-state index is 12.3. The summed E-state index contributed by atoms with van der Waals surface area (Å²) in [5.74, 6) is 0.981. The Balaban J connectivity index is 0.000000209. The maximum Gasteiger partial charge on any atom is 0.494 e. The monoisotopic (exact) mass is 760 g/mol. The van der Waals surface area contributed by atoms with Gasteiger partial charge < -0.3 is 39.4 Å². The van der Waals surface area contributed by atoms with Crippen LogP contribution in [-0.2, 0) is 18.4 Å². The predicted molar refractivity (Wildman–Crippen MR) is 199 cm³/mol. The van der Waals surface area contributed by atoms with Crippen molar-refractivity contribution in [2.45, 2.75) is 38.9 Å². The highest BCUT2D eigenvalue weighted by Crippen LogP contribution is 2.39. The number of nitrogens with two attached hydrogens (primary N) is 2.